The van der Waals surface area contributed by atoms with Gasteiger partial charge < -0.3 is 4.74 Å². The average molecular weight is 205 g/mol. The fraction of sp³-hybridized carbons (Fsp3) is 0.571. The highest BCUT2D eigenvalue weighted by molar-refractivity contribution is 5.19. The first kappa shape index (κ1) is 12.1. The van der Waals surface area contributed by atoms with Gasteiger partial charge in [-0.15, -0.1) is 0 Å². The van der Waals surface area contributed by atoms with Crippen LogP contribution >= 0.6 is 0 Å². The fourth-order valence-electron chi connectivity index (χ4n) is 1.48. The van der Waals surface area contributed by atoms with Crippen molar-refractivity contribution in [3.05, 3.63) is 30.3 Å². The van der Waals surface area contributed by atoms with Gasteiger partial charge in [-0.1, -0.05) is 51.3 Å². The molecule has 0 aliphatic heterocycles. The Labute approximate surface area is 93.5 Å². The molecule has 15 heavy (non-hydrogen) atoms. The molecule has 0 heterocycles. The van der Waals surface area contributed by atoms with Crippen molar-refractivity contribution in [3.8, 4) is 5.75 Å². The molecule has 0 fully saturated rings. The van der Waals surface area contributed by atoms with E-state index >= 15 is 0 Å². The third-order valence-corrected chi connectivity index (χ3v) is 2.36. The van der Waals surface area contributed by atoms with Crippen LogP contribution in [0.2, 0.25) is 0 Å². The summed E-state index contributed by atoms with van der Waals surface area (Å²) in [6.45, 7) is 5.36. The Morgan fingerprint density at radius 2 is 2.07 bits per heavy atom. The Hall–Kier alpha value is -0.980. The predicted octanol–water partition coefficient (Wildman–Crippen LogP) is 4.08. The highest BCUT2D eigenvalue weighted by atomic mass is 16.5. The van der Waals surface area contributed by atoms with Gasteiger partial charge in [0.05, 0.1) is 6.61 Å². The molecule has 1 aromatic rings. The summed E-state index contributed by atoms with van der Waals surface area (Å²) >= 11 is 0. The molecule has 0 spiro atoms. The number of benzene rings is 1. The monoisotopic (exact) mass is 205 g/mol. The highest BCUT2D eigenvalue weighted by Gasteiger charge is 1.95. The Balaban J connectivity index is 1.98. The van der Waals surface area contributed by atoms with E-state index in [4.69, 9.17) is 4.74 Å². The molecular formula is C14H21O. The topological polar surface area (TPSA) is 9.23 Å². The molecule has 0 amide bonds. The maximum atomic E-state index is 5.56. The average Bonchev–Trinajstić information content (AvgIpc) is 2.24. The summed E-state index contributed by atoms with van der Waals surface area (Å²) in [5.74, 6) is 1.69. The molecule has 1 rings (SSSR count). The highest BCUT2D eigenvalue weighted by Crippen LogP contribution is 2.10. The summed E-state index contributed by atoms with van der Waals surface area (Å²) in [6, 6.07) is 10.8. The van der Waals surface area contributed by atoms with E-state index in [1.54, 1.807) is 0 Å². The molecule has 0 bridgehead atoms. The molecule has 0 aromatic heterocycles. The van der Waals surface area contributed by atoms with Gasteiger partial charge in [-0.25, -0.2) is 0 Å². The van der Waals surface area contributed by atoms with Crippen LogP contribution in [0, 0.1) is 12.0 Å². The molecule has 83 valence electrons. The van der Waals surface area contributed by atoms with Crippen LogP contribution < -0.4 is 4.74 Å². The van der Waals surface area contributed by atoms with Gasteiger partial charge in [-0.3, -0.25) is 0 Å². The molecule has 0 aliphatic rings. The second-order valence-corrected chi connectivity index (χ2v) is 4.32. The van der Waals surface area contributed by atoms with Crippen LogP contribution in [-0.4, -0.2) is 6.61 Å². The number of unbranched alkanes of at least 4 members (excludes halogenated alkanes) is 2. The van der Waals surface area contributed by atoms with Crippen molar-refractivity contribution in [1.29, 1.82) is 0 Å². The van der Waals surface area contributed by atoms with Crippen LogP contribution in [0.1, 0.15) is 39.5 Å². The van der Waals surface area contributed by atoms with Crippen molar-refractivity contribution in [2.45, 2.75) is 39.5 Å². The first-order valence-corrected chi connectivity index (χ1v) is 5.88. The molecule has 1 nitrogen and oxygen atoms in total. The minimum absolute atomic E-state index is 0.818. The zero-order valence-electron chi connectivity index (χ0n) is 9.83. The molecule has 0 unspecified atom stereocenters. The smallest absolute Gasteiger partial charge is 0.127 e. The summed E-state index contributed by atoms with van der Waals surface area (Å²) in [5, 5.41) is 0. The van der Waals surface area contributed by atoms with E-state index in [9.17, 15) is 0 Å². The van der Waals surface area contributed by atoms with Crippen molar-refractivity contribution in [1.82, 2.24) is 0 Å². The number of hydrogen-bond donors (Lipinski definition) is 0. The van der Waals surface area contributed by atoms with Crippen LogP contribution in [0.5, 0.6) is 5.75 Å². The molecule has 0 N–H and O–H groups in total. The van der Waals surface area contributed by atoms with Gasteiger partial charge in [-0.05, 0) is 18.4 Å². The Morgan fingerprint density at radius 3 is 2.73 bits per heavy atom. The SMILES string of the molecule is CC(C)CCCCCOc1[c]cccc1. The van der Waals surface area contributed by atoms with Crippen molar-refractivity contribution in [3.63, 3.8) is 0 Å². The minimum Gasteiger partial charge on any atom is -0.493 e. The van der Waals surface area contributed by atoms with Gasteiger partial charge in [0.25, 0.3) is 0 Å². The normalized spacial score (nSPS) is 10.6. The maximum absolute atomic E-state index is 5.56. The third-order valence-electron chi connectivity index (χ3n) is 2.36. The van der Waals surface area contributed by atoms with Gasteiger partial charge in [0.2, 0.25) is 0 Å². The van der Waals surface area contributed by atoms with E-state index in [2.05, 4.69) is 19.9 Å². The van der Waals surface area contributed by atoms with Crippen molar-refractivity contribution in [2.24, 2.45) is 5.92 Å². The summed E-state index contributed by atoms with van der Waals surface area (Å²) < 4.78 is 5.56. The van der Waals surface area contributed by atoms with Crippen LogP contribution in [-0.2, 0) is 0 Å². The molecule has 1 radical (unpaired) electrons. The number of hydrogen-bond acceptors (Lipinski definition) is 1. The predicted molar refractivity (Wildman–Crippen MR) is 64.1 cm³/mol. The summed E-state index contributed by atoms with van der Waals surface area (Å²) in [6.07, 6.45) is 5.07. The number of para-hydroxylation sites is 1. The van der Waals surface area contributed by atoms with E-state index in [1.807, 2.05) is 24.3 Å². The van der Waals surface area contributed by atoms with Crippen molar-refractivity contribution < 1.29 is 4.74 Å². The summed E-state index contributed by atoms with van der Waals surface area (Å²) in [4.78, 5) is 0. The molecule has 1 aromatic carbocycles. The van der Waals surface area contributed by atoms with E-state index in [1.165, 1.54) is 19.3 Å². The van der Waals surface area contributed by atoms with Gasteiger partial charge in [0.15, 0.2) is 0 Å². The molecule has 1 heteroatoms. The van der Waals surface area contributed by atoms with Crippen LogP contribution in [0.4, 0.5) is 0 Å². The van der Waals surface area contributed by atoms with Gasteiger partial charge >= 0.3 is 0 Å². The lowest BCUT2D eigenvalue weighted by Gasteiger charge is -2.06. The standard InChI is InChI=1S/C14H21O/c1-13(2)9-5-4-8-12-15-14-10-6-3-7-11-14/h3,6-7,10,13H,4-5,8-9,12H2,1-2H3. The number of rotatable bonds is 7. The molecule has 0 saturated carbocycles. The maximum Gasteiger partial charge on any atom is 0.127 e. The van der Waals surface area contributed by atoms with Gasteiger partial charge in [-0.2, -0.15) is 0 Å². The first-order chi connectivity index (χ1) is 7.29. The van der Waals surface area contributed by atoms with Crippen molar-refractivity contribution in [2.75, 3.05) is 6.61 Å². The van der Waals surface area contributed by atoms with E-state index in [-0.39, 0.29) is 0 Å². The fourth-order valence-corrected chi connectivity index (χ4v) is 1.48. The lowest BCUT2D eigenvalue weighted by Crippen LogP contribution is -1.97. The minimum atomic E-state index is 0.818. The number of ether oxygens (including phenoxy) is 1. The Kier molecular flexibility index (Phi) is 5.91. The lowest BCUT2D eigenvalue weighted by molar-refractivity contribution is 0.302. The van der Waals surface area contributed by atoms with Crippen LogP contribution in [0.25, 0.3) is 0 Å². The quantitative estimate of drug-likeness (QED) is 0.609. The Bertz CT molecular complexity index is 241. The van der Waals surface area contributed by atoms with Gasteiger partial charge in [0, 0.05) is 6.07 Å². The van der Waals surface area contributed by atoms with E-state index in [0.717, 1.165) is 24.7 Å². The second kappa shape index (κ2) is 7.33. The lowest BCUT2D eigenvalue weighted by atomic mass is 10.1. The molecular weight excluding hydrogens is 184 g/mol. The zero-order valence-corrected chi connectivity index (χ0v) is 9.83. The zero-order chi connectivity index (χ0) is 10.9. The largest absolute Gasteiger partial charge is 0.493 e. The van der Waals surface area contributed by atoms with E-state index in [0.29, 0.717) is 0 Å². The summed E-state index contributed by atoms with van der Waals surface area (Å²) in [5.41, 5.74) is 0. The van der Waals surface area contributed by atoms with Crippen LogP contribution in [0.15, 0.2) is 24.3 Å². The van der Waals surface area contributed by atoms with E-state index < -0.39 is 0 Å². The summed E-state index contributed by atoms with van der Waals surface area (Å²) in [7, 11) is 0. The first-order valence-electron chi connectivity index (χ1n) is 5.88. The second-order valence-electron chi connectivity index (χ2n) is 4.32. The van der Waals surface area contributed by atoms with Crippen molar-refractivity contribution >= 4 is 0 Å². The van der Waals surface area contributed by atoms with Crippen LogP contribution in [0.3, 0.4) is 0 Å². The Morgan fingerprint density at radius 1 is 1.20 bits per heavy atom. The molecule has 0 atom stereocenters. The molecule has 0 saturated heterocycles. The third kappa shape index (κ3) is 6.16. The van der Waals surface area contributed by atoms with Gasteiger partial charge in [0.1, 0.15) is 5.75 Å². The molecule has 0 aliphatic carbocycles.